The first-order valence-corrected chi connectivity index (χ1v) is 16.7. The molecule has 9 heteroatoms. The van der Waals surface area contributed by atoms with Crippen LogP contribution in [0.3, 0.4) is 0 Å². The molecule has 0 aromatic carbocycles. The van der Waals surface area contributed by atoms with Gasteiger partial charge in [-0.05, 0) is 117 Å². The highest BCUT2D eigenvalue weighted by Gasteiger charge is 2.49. The lowest BCUT2D eigenvalue weighted by molar-refractivity contribution is -0.215. The second kappa shape index (κ2) is 12.4. The van der Waals surface area contributed by atoms with E-state index in [1.807, 2.05) is 0 Å². The van der Waals surface area contributed by atoms with Crippen LogP contribution >= 0.6 is 0 Å². The minimum atomic E-state index is -1.49. The van der Waals surface area contributed by atoms with Crippen molar-refractivity contribution < 1.29 is 28.9 Å². The van der Waals surface area contributed by atoms with E-state index in [0.717, 1.165) is 0 Å². The Labute approximate surface area is 268 Å². The Balaban J connectivity index is 1.80. The van der Waals surface area contributed by atoms with Crippen molar-refractivity contribution in [2.75, 3.05) is 21.1 Å². The van der Waals surface area contributed by atoms with Crippen LogP contribution in [0.4, 0.5) is 0 Å². The summed E-state index contributed by atoms with van der Waals surface area (Å²) in [5.74, 6) is -2.30. The van der Waals surface area contributed by atoms with Gasteiger partial charge in [0.25, 0.3) is 0 Å². The summed E-state index contributed by atoms with van der Waals surface area (Å²) < 4.78 is 18.4. The van der Waals surface area contributed by atoms with Crippen molar-refractivity contribution >= 4 is 11.9 Å². The number of hydrogen-bond acceptors (Lipinski definition) is 9. The number of nitrogens with zero attached hydrogens (tertiary/aromatic N) is 3. The molecule has 44 heavy (non-hydrogen) atoms. The SMILES string of the molecule is CN1C(C)(C)CC(OC(=O)CC(C(=O)OC2CC(C)(C)N(C)C(C)(C)C2)C(O)OC2CC(C)(C)N(C)C(C)(C)C2)CC1(C)C. The van der Waals surface area contributed by atoms with Crippen molar-refractivity contribution in [1.82, 2.24) is 14.7 Å². The summed E-state index contributed by atoms with van der Waals surface area (Å²) in [6.07, 6.45) is 1.36. The van der Waals surface area contributed by atoms with Crippen LogP contribution in [-0.4, -0.2) is 111 Å². The summed E-state index contributed by atoms with van der Waals surface area (Å²) in [6.45, 7) is 25.9. The molecule has 0 bridgehead atoms. The van der Waals surface area contributed by atoms with Crippen molar-refractivity contribution in [3.8, 4) is 0 Å². The first-order valence-electron chi connectivity index (χ1n) is 16.7. The molecule has 3 rings (SSSR count). The molecule has 2 atom stereocenters. The van der Waals surface area contributed by atoms with Gasteiger partial charge in [0.05, 0.1) is 12.5 Å². The fourth-order valence-corrected chi connectivity index (χ4v) is 8.36. The number of carbonyl (C=O) groups excluding carboxylic acids is 2. The molecule has 3 heterocycles. The molecular weight excluding hydrogens is 558 g/mol. The van der Waals surface area contributed by atoms with Gasteiger partial charge in [-0.15, -0.1) is 0 Å². The van der Waals surface area contributed by atoms with Gasteiger partial charge in [-0.1, -0.05) is 0 Å². The van der Waals surface area contributed by atoms with Gasteiger partial charge in [0.2, 0.25) is 0 Å². The standard InChI is InChI=1S/C35H65N3O6/c1-30(2)17-23(18-31(3,4)36(30)13)42-27(39)16-26(28(40)43-24-19-32(5,6)37(14)33(7,8)20-24)29(41)44-25-21-34(9,10)38(15)35(11,12)22-25/h23-26,28,40H,16-22H2,1-15H3. The normalized spacial score (nSPS) is 29.1. The van der Waals surface area contributed by atoms with E-state index in [-0.39, 0.29) is 58.0 Å². The van der Waals surface area contributed by atoms with Gasteiger partial charge < -0.3 is 19.3 Å². The summed E-state index contributed by atoms with van der Waals surface area (Å²) in [6, 6.07) is 0. The third-order valence-electron chi connectivity index (χ3n) is 11.8. The summed E-state index contributed by atoms with van der Waals surface area (Å²) in [4.78, 5) is 34.4. The first-order chi connectivity index (χ1) is 19.7. The molecule has 0 saturated carbocycles. The van der Waals surface area contributed by atoms with E-state index in [9.17, 15) is 14.7 Å². The van der Waals surface area contributed by atoms with Crippen molar-refractivity contribution in [3.05, 3.63) is 0 Å². The fraction of sp³-hybridized carbons (Fsp3) is 0.943. The summed E-state index contributed by atoms with van der Waals surface area (Å²) in [5.41, 5.74) is -1.02. The second-order valence-electron chi connectivity index (χ2n) is 17.9. The van der Waals surface area contributed by atoms with Crippen LogP contribution in [0.5, 0.6) is 0 Å². The summed E-state index contributed by atoms with van der Waals surface area (Å²) in [7, 11) is 6.32. The van der Waals surface area contributed by atoms with Crippen molar-refractivity contribution in [2.45, 2.75) is 186 Å². The van der Waals surface area contributed by atoms with Gasteiger partial charge in [-0.2, -0.15) is 0 Å². The van der Waals surface area contributed by atoms with Crippen LogP contribution in [0.2, 0.25) is 0 Å². The molecule has 1 N–H and O–H groups in total. The first kappa shape index (κ1) is 37.2. The van der Waals surface area contributed by atoms with E-state index in [1.165, 1.54) is 0 Å². The molecule has 256 valence electrons. The topological polar surface area (TPSA) is 91.8 Å². The van der Waals surface area contributed by atoms with Gasteiger partial charge in [0, 0.05) is 58.9 Å². The largest absolute Gasteiger partial charge is 0.462 e. The highest BCUT2D eigenvalue weighted by atomic mass is 16.6. The minimum absolute atomic E-state index is 0.158. The van der Waals surface area contributed by atoms with Crippen molar-refractivity contribution in [3.63, 3.8) is 0 Å². The number of hydrogen-bond donors (Lipinski definition) is 1. The van der Waals surface area contributed by atoms with Gasteiger partial charge in [0.15, 0.2) is 6.29 Å². The van der Waals surface area contributed by atoms with Crippen LogP contribution in [0.25, 0.3) is 0 Å². The third kappa shape index (κ3) is 8.17. The predicted molar refractivity (Wildman–Crippen MR) is 174 cm³/mol. The van der Waals surface area contributed by atoms with Crippen LogP contribution in [0, 0.1) is 5.92 Å². The van der Waals surface area contributed by atoms with E-state index < -0.39 is 24.1 Å². The molecule has 3 fully saturated rings. The summed E-state index contributed by atoms with van der Waals surface area (Å²) >= 11 is 0. The molecule has 0 spiro atoms. The van der Waals surface area contributed by atoms with Crippen LogP contribution in [-0.2, 0) is 23.8 Å². The maximum absolute atomic E-state index is 13.9. The predicted octanol–water partition coefficient (Wildman–Crippen LogP) is 5.37. The average molecular weight is 624 g/mol. The Morgan fingerprint density at radius 2 is 0.886 bits per heavy atom. The van der Waals surface area contributed by atoms with E-state index in [0.29, 0.717) is 38.5 Å². The van der Waals surface area contributed by atoms with E-state index in [1.54, 1.807) is 0 Å². The van der Waals surface area contributed by atoms with Gasteiger partial charge in [-0.3, -0.25) is 24.3 Å². The maximum atomic E-state index is 13.9. The van der Waals surface area contributed by atoms with Crippen LogP contribution in [0.1, 0.15) is 128 Å². The number of piperidine rings is 3. The fourth-order valence-electron chi connectivity index (χ4n) is 8.36. The van der Waals surface area contributed by atoms with E-state index >= 15 is 0 Å². The van der Waals surface area contributed by atoms with Gasteiger partial charge in [0.1, 0.15) is 18.1 Å². The van der Waals surface area contributed by atoms with Crippen molar-refractivity contribution in [1.29, 1.82) is 0 Å². The highest BCUT2D eigenvalue weighted by molar-refractivity contribution is 5.80. The van der Waals surface area contributed by atoms with Crippen LogP contribution < -0.4 is 0 Å². The number of aliphatic hydroxyl groups excluding tert-OH is 1. The lowest BCUT2D eigenvalue weighted by atomic mass is 9.78. The number of rotatable bonds is 8. The number of carbonyl (C=O) groups is 2. The lowest BCUT2D eigenvalue weighted by Gasteiger charge is -2.54. The Kier molecular flexibility index (Phi) is 10.5. The molecular formula is C35H65N3O6. The third-order valence-corrected chi connectivity index (χ3v) is 11.8. The van der Waals surface area contributed by atoms with Gasteiger partial charge in [-0.25, -0.2) is 0 Å². The Morgan fingerprint density at radius 3 is 1.23 bits per heavy atom. The molecule has 2 unspecified atom stereocenters. The zero-order valence-electron chi connectivity index (χ0n) is 30.7. The van der Waals surface area contributed by atoms with E-state index in [2.05, 4.69) is 119 Å². The zero-order chi connectivity index (χ0) is 33.8. The minimum Gasteiger partial charge on any atom is -0.462 e. The lowest BCUT2D eigenvalue weighted by Crippen LogP contribution is -2.61. The quantitative estimate of drug-likeness (QED) is 0.283. The Morgan fingerprint density at radius 1 is 0.591 bits per heavy atom. The average Bonchev–Trinajstić information content (AvgIpc) is 2.81. The zero-order valence-corrected chi connectivity index (χ0v) is 30.7. The molecule has 9 nitrogen and oxygen atoms in total. The molecule has 0 radical (unpaired) electrons. The van der Waals surface area contributed by atoms with Crippen LogP contribution in [0.15, 0.2) is 0 Å². The maximum Gasteiger partial charge on any atom is 0.314 e. The second-order valence-corrected chi connectivity index (χ2v) is 17.9. The summed E-state index contributed by atoms with van der Waals surface area (Å²) in [5, 5.41) is 11.5. The van der Waals surface area contributed by atoms with Crippen molar-refractivity contribution in [2.24, 2.45) is 5.92 Å². The Bertz CT molecular complexity index is 997. The van der Waals surface area contributed by atoms with E-state index in [4.69, 9.17) is 14.2 Å². The molecule has 3 saturated heterocycles. The van der Waals surface area contributed by atoms with Gasteiger partial charge >= 0.3 is 11.9 Å². The number of aliphatic hydroxyl groups is 1. The number of ether oxygens (including phenoxy) is 3. The number of esters is 2. The molecule has 0 aromatic rings. The number of likely N-dealkylation sites (tertiary alicyclic amines) is 3. The molecule has 0 aromatic heterocycles. The smallest absolute Gasteiger partial charge is 0.314 e. The molecule has 3 aliphatic rings. The highest BCUT2D eigenvalue weighted by Crippen LogP contribution is 2.41. The molecule has 3 aliphatic heterocycles. The molecule has 0 amide bonds. The Hall–Kier alpha value is -1.26. The molecule has 0 aliphatic carbocycles. The monoisotopic (exact) mass is 623 g/mol.